The van der Waals surface area contributed by atoms with Crippen molar-refractivity contribution in [3.8, 4) is 0 Å². The van der Waals surface area contributed by atoms with Crippen LogP contribution in [-0.4, -0.2) is 38.2 Å². The zero-order chi connectivity index (χ0) is 19.3. The lowest BCUT2D eigenvalue weighted by molar-refractivity contribution is -0.137. The van der Waals surface area contributed by atoms with Crippen molar-refractivity contribution in [2.75, 3.05) is 18.0 Å². The summed E-state index contributed by atoms with van der Waals surface area (Å²) in [4.78, 5) is 13.6. The maximum atomic E-state index is 12.8. The summed E-state index contributed by atoms with van der Waals surface area (Å²) in [6, 6.07) is 4.52. The van der Waals surface area contributed by atoms with Gasteiger partial charge in [-0.05, 0) is 31.0 Å². The molecular formula is C19H17F3N6. The van der Waals surface area contributed by atoms with E-state index in [2.05, 4.69) is 25.1 Å². The smallest absolute Gasteiger partial charge is 0.356 e. The van der Waals surface area contributed by atoms with E-state index in [1.807, 2.05) is 17.2 Å². The van der Waals surface area contributed by atoms with Crippen LogP contribution in [0.2, 0.25) is 0 Å². The van der Waals surface area contributed by atoms with Gasteiger partial charge in [-0.1, -0.05) is 0 Å². The summed E-state index contributed by atoms with van der Waals surface area (Å²) >= 11 is 0. The zero-order valence-electron chi connectivity index (χ0n) is 14.8. The van der Waals surface area contributed by atoms with E-state index < -0.39 is 11.7 Å². The van der Waals surface area contributed by atoms with Crippen molar-refractivity contribution in [2.45, 2.75) is 24.9 Å². The zero-order valence-corrected chi connectivity index (χ0v) is 14.8. The number of halogens is 3. The Morgan fingerprint density at radius 2 is 2.00 bits per heavy atom. The number of aromatic nitrogens is 5. The molecule has 0 bridgehead atoms. The SMILES string of the molecule is FC(F)(F)c1ccc(N2CCCC(c3n[nH]c4cnc5[nH]ccc5c34)C2)nc1. The molecule has 1 fully saturated rings. The Morgan fingerprint density at radius 3 is 2.79 bits per heavy atom. The van der Waals surface area contributed by atoms with E-state index in [-0.39, 0.29) is 5.92 Å². The molecule has 0 aliphatic carbocycles. The minimum Gasteiger partial charge on any atom is -0.356 e. The quantitative estimate of drug-likeness (QED) is 0.541. The summed E-state index contributed by atoms with van der Waals surface area (Å²) < 4.78 is 38.4. The minimum absolute atomic E-state index is 0.159. The van der Waals surface area contributed by atoms with Crippen LogP contribution in [0.4, 0.5) is 19.0 Å². The monoisotopic (exact) mass is 386 g/mol. The van der Waals surface area contributed by atoms with Crippen LogP contribution in [-0.2, 0) is 6.18 Å². The molecule has 0 aromatic carbocycles. The van der Waals surface area contributed by atoms with Gasteiger partial charge in [-0.25, -0.2) is 9.97 Å². The average Bonchev–Trinajstić information content (AvgIpc) is 3.33. The fraction of sp³-hybridized carbons (Fsp3) is 0.316. The Hall–Kier alpha value is -3.10. The molecule has 28 heavy (non-hydrogen) atoms. The summed E-state index contributed by atoms with van der Waals surface area (Å²) in [5, 5.41) is 9.68. The number of hydrogen-bond donors (Lipinski definition) is 2. The van der Waals surface area contributed by atoms with Crippen molar-refractivity contribution >= 4 is 27.8 Å². The molecule has 5 rings (SSSR count). The van der Waals surface area contributed by atoms with Gasteiger partial charge in [0.25, 0.3) is 0 Å². The second kappa shape index (κ2) is 6.22. The third-order valence-corrected chi connectivity index (χ3v) is 5.35. The van der Waals surface area contributed by atoms with E-state index in [0.717, 1.165) is 59.3 Å². The van der Waals surface area contributed by atoms with Crippen molar-refractivity contribution in [1.29, 1.82) is 0 Å². The molecule has 144 valence electrons. The Bertz CT molecular complexity index is 1130. The van der Waals surface area contributed by atoms with Crippen LogP contribution < -0.4 is 4.90 Å². The molecule has 1 aliphatic rings. The van der Waals surface area contributed by atoms with Crippen LogP contribution in [0.25, 0.3) is 21.9 Å². The lowest BCUT2D eigenvalue weighted by Gasteiger charge is -2.33. The molecule has 1 aliphatic heterocycles. The molecule has 9 heteroatoms. The van der Waals surface area contributed by atoms with Crippen molar-refractivity contribution in [2.24, 2.45) is 0 Å². The van der Waals surface area contributed by atoms with Gasteiger partial charge < -0.3 is 9.88 Å². The van der Waals surface area contributed by atoms with Gasteiger partial charge in [0.05, 0.1) is 23.0 Å². The standard InChI is InChI=1S/C19H17F3N6/c20-19(21,22)12-3-4-15(24-8-12)28-7-1-2-11(10-28)17-16-13-5-6-23-18(13)25-9-14(16)26-27-17/h3-6,8-9,11H,1-2,7,10H2,(H,23,25)(H,26,27). The maximum Gasteiger partial charge on any atom is 0.417 e. The molecule has 0 spiro atoms. The highest BCUT2D eigenvalue weighted by molar-refractivity contribution is 6.04. The number of nitrogens with one attached hydrogen (secondary N) is 2. The third-order valence-electron chi connectivity index (χ3n) is 5.35. The van der Waals surface area contributed by atoms with Gasteiger partial charge >= 0.3 is 6.18 Å². The number of pyridine rings is 2. The van der Waals surface area contributed by atoms with E-state index in [1.54, 1.807) is 6.20 Å². The highest BCUT2D eigenvalue weighted by Gasteiger charge is 2.31. The fourth-order valence-corrected chi connectivity index (χ4v) is 3.99. The van der Waals surface area contributed by atoms with Gasteiger partial charge in [0.15, 0.2) is 0 Å². The number of aromatic amines is 2. The van der Waals surface area contributed by atoms with Crippen molar-refractivity contribution in [1.82, 2.24) is 25.1 Å². The molecule has 0 amide bonds. The largest absolute Gasteiger partial charge is 0.417 e. The van der Waals surface area contributed by atoms with Crippen LogP contribution in [0.15, 0.2) is 36.8 Å². The second-order valence-electron chi connectivity index (χ2n) is 7.08. The number of piperidine rings is 1. The van der Waals surface area contributed by atoms with E-state index in [0.29, 0.717) is 12.4 Å². The Balaban J connectivity index is 1.46. The average molecular weight is 386 g/mol. The van der Waals surface area contributed by atoms with E-state index in [9.17, 15) is 13.2 Å². The molecule has 4 aromatic rings. The maximum absolute atomic E-state index is 12.8. The normalized spacial score (nSPS) is 18.2. The van der Waals surface area contributed by atoms with Crippen LogP contribution in [0, 0.1) is 0 Å². The molecule has 1 atom stereocenters. The van der Waals surface area contributed by atoms with Crippen LogP contribution in [0.3, 0.4) is 0 Å². The van der Waals surface area contributed by atoms with Gasteiger partial charge in [0.2, 0.25) is 0 Å². The molecule has 2 N–H and O–H groups in total. The molecular weight excluding hydrogens is 369 g/mol. The Morgan fingerprint density at radius 1 is 1.11 bits per heavy atom. The number of hydrogen-bond acceptors (Lipinski definition) is 4. The molecule has 1 unspecified atom stereocenters. The lowest BCUT2D eigenvalue weighted by atomic mass is 9.92. The lowest BCUT2D eigenvalue weighted by Crippen LogP contribution is -2.35. The minimum atomic E-state index is -4.38. The molecule has 5 heterocycles. The number of rotatable bonds is 2. The van der Waals surface area contributed by atoms with Crippen LogP contribution in [0.5, 0.6) is 0 Å². The van der Waals surface area contributed by atoms with Gasteiger partial charge in [-0.2, -0.15) is 18.3 Å². The Labute approximate surface area is 157 Å². The predicted octanol–water partition coefficient (Wildman–Crippen LogP) is 4.24. The van der Waals surface area contributed by atoms with Gasteiger partial charge in [-0.3, -0.25) is 5.10 Å². The van der Waals surface area contributed by atoms with Crippen LogP contribution >= 0.6 is 0 Å². The molecule has 1 saturated heterocycles. The van der Waals surface area contributed by atoms with Gasteiger partial charge in [0.1, 0.15) is 11.5 Å². The molecule has 4 aromatic heterocycles. The number of nitrogens with zero attached hydrogens (tertiary/aromatic N) is 4. The van der Waals surface area contributed by atoms with Crippen molar-refractivity contribution in [3.63, 3.8) is 0 Å². The van der Waals surface area contributed by atoms with E-state index in [4.69, 9.17) is 0 Å². The van der Waals surface area contributed by atoms with Gasteiger partial charge in [-0.15, -0.1) is 0 Å². The van der Waals surface area contributed by atoms with Crippen molar-refractivity contribution in [3.05, 3.63) is 48.0 Å². The highest BCUT2D eigenvalue weighted by atomic mass is 19.4. The summed E-state index contributed by atoms with van der Waals surface area (Å²) in [7, 11) is 0. The van der Waals surface area contributed by atoms with Gasteiger partial charge in [0, 0.05) is 42.2 Å². The second-order valence-corrected chi connectivity index (χ2v) is 7.08. The summed E-state index contributed by atoms with van der Waals surface area (Å²) in [5.41, 5.74) is 1.93. The number of H-pyrrole nitrogens is 2. The van der Waals surface area contributed by atoms with Crippen LogP contribution in [0.1, 0.15) is 30.0 Å². The summed E-state index contributed by atoms with van der Waals surface area (Å²) in [5.74, 6) is 0.720. The van der Waals surface area contributed by atoms with E-state index >= 15 is 0 Å². The molecule has 0 saturated carbocycles. The first kappa shape index (κ1) is 17.0. The van der Waals surface area contributed by atoms with E-state index in [1.165, 1.54) is 6.07 Å². The first-order valence-corrected chi connectivity index (χ1v) is 9.09. The molecule has 0 radical (unpaired) electrons. The first-order valence-electron chi connectivity index (χ1n) is 9.09. The molecule has 6 nitrogen and oxygen atoms in total. The topological polar surface area (TPSA) is 73.5 Å². The highest BCUT2D eigenvalue weighted by Crippen LogP contribution is 2.35. The first-order chi connectivity index (χ1) is 13.5. The number of fused-ring (bicyclic) bond motifs is 3. The van der Waals surface area contributed by atoms with Crippen molar-refractivity contribution < 1.29 is 13.2 Å². The fourth-order valence-electron chi connectivity index (χ4n) is 3.99. The number of alkyl halides is 3. The Kier molecular flexibility index (Phi) is 3.78. The summed E-state index contributed by atoms with van der Waals surface area (Å²) in [6.45, 7) is 1.42. The predicted molar refractivity (Wildman–Crippen MR) is 99.2 cm³/mol. The summed E-state index contributed by atoms with van der Waals surface area (Å²) in [6.07, 6.45) is 2.03. The third kappa shape index (κ3) is 2.78. The number of anilines is 1.